The molecule has 0 amide bonds. The molecule has 0 aliphatic heterocycles. The predicted octanol–water partition coefficient (Wildman–Crippen LogP) is 6.84. The number of aryl methyl sites for hydroxylation is 2. The Balaban J connectivity index is 2.02. The molecule has 1 aliphatic rings. The van der Waals surface area contributed by atoms with Crippen LogP contribution in [0.2, 0.25) is 0 Å². The fourth-order valence-electron chi connectivity index (χ4n) is 5.13. The van der Waals surface area contributed by atoms with Crippen molar-refractivity contribution in [3.05, 3.63) is 88.1 Å². The molecule has 1 nitrogen and oxygen atoms in total. The molecule has 0 spiro atoms. The summed E-state index contributed by atoms with van der Waals surface area (Å²) < 4.78 is 0. The van der Waals surface area contributed by atoms with Crippen molar-refractivity contribution in [2.75, 3.05) is 0 Å². The van der Waals surface area contributed by atoms with Crippen molar-refractivity contribution in [1.82, 2.24) is 4.98 Å². The van der Waals surface area contributed by atoms with Crippen molar-refractivity contribution >= 4 is 0 Å². The van der Waals surface area contributed by atoms with E-state index in [0.29, 0.717) is 0 Å². The third-order valence-electron chi connectivity index (χ3n) is 6.76. The molecule has 1 heteroatoms. The van der Waals surface area contributed by atoms with E-state index in [1.54, 1.807) is 0 Å². The SMILES string of the molecule is CCc1cnc(-c2cccc3c2C(C)(C)c2ccccc2C3(C)C)cc1CC. The van der Waals surface area contributed by atoms with Crippen molar-refractivity contribution in [1.29, 1.82) is 0 Å². The van der Waals surface area contributed by atoms with Crippen molar-refractivity contribution < 1.29 is 0 Å². The second-order valence-electron chi connectivity index (χ2n) is 9.07. The molecule has 0 fully saturated rings. The van der Waals surface area contributed by atoms with E-state index in [9.17, 15) is 0 Å². The molecule has 1 heterocycles. The highest BCUT2D eigenvalue weighted by atomic mass is 14.7. The molecular weight excluding hydrogens is 338 g/mol. The van der Waals surface area contributed by atoms with Gasteiger partial charge in [-0.2, -0.15) is 0 Å². The number of fused-ring (bicyclic) bond motifs is 2. The zero-order valence-electron chi connectivity index (χ0n) is 18.1. The van der Waals surface area contributed by atoms with Gasteiger partial charge in [-0.05, 0) is 52.3 Å². The highest BCUT2D eigenvalue weighted by molar-refractivity contribution is 5.73. The van der Waals surface area contributed by atoms with E-state index in [0.717, 1.165) is 18.5 Å². The van der Waals surface area contributed by atoms with E-state index in [2.05, 4.69) is 96.3 Å². The molecule has 0 N–H and O–H groups in total. The molecule has 3 aromatic rings. The van der Waals surface area contributed by atoms with E-state index in [1.165, 1.54) is 38.9 Å². The van der Waals surface area contributed by atoms with Crippen LogP contribution in [0, 0.1) is 0 Å². The van der Waals surface area contributed by atoms with Crippen LogP contribution in [-0.2, 0) is 23.7 Å². The quantitative estimate of drug-likeness (QED) is 0.492. The Bertz CT molecular complexity index is 1040. The zero-order valence-corrected chi connectivity index (χ0v) is 18.1. The lowest BCUT2D eigenvalue weighted by Crippen LogP contribution is -2.37. The van der Waals surface area contributed by atoms with Gasteiger partial charge in [0.15, 0.2) is 0 Å². The van der Waals surface area contributed by atoms with Gasteiger partial charge in [0, 0.05) is 22.6 Å². The average Bonchev–Trinajstić information content (AvgIpc) is 2.71. The van der Waals surface area contributed by atoms with E-state index < -0.39 is 0 Å². The summed E-state index contributed by atoms with van der Waals surface area (Å²) in [6.45, 7) is 13.9. The van der Waals surface area contributed by atoms with Gasteiger partial charge >= 0.3 is 0 Å². The topological polar surface area (TPSA) is 12.9 Å². The number of aromatic nitrogens is 1. The van der Waals surface area contributed by atoms with Crippen LogP contribution in [0.15, 0.2) is 54.7 Å². The first-order chi connectivity index (χ1) is 13.3. The molecule has 0 saturated heterocycles. The predicted molar refractivity (Wildman–Crippen MR) is 119 cm³/mol. The first-order valence-corrected chi connectivity index (χ1v) is 10.5. The zero-order chi connectivity index (χ0) is 20.1. The molecular formula is C27H31N. The van der Waals surface area contributed by atoms with Crippen molar-refractivity contribution in [2.45, 2.75) is 65.2 Å². The summed E-state index contributed by atoms with van der Waals surface area (Å²) in [5.41, 5.74) is 10.8. The molecule has 4 rings (SSSR count). The number of pyridine rings is 1. The number of hydrogen-bond donors (Lipinski definition) is 0. The maximum absolute atomic E-state index is 4.91. The average molecular weight is 370 g/mol. The summed E-state index contributed by atoms with van der Waals surface area (Å²) in [6.07, 6.45) is 4.17. The maximum atomic E-state index is 4.91. The monoisotopic (exact) mass is 369 g/mol. The van der Waals surface area contributed by atoms with Crippen molar-refractivity contribution in [3.63, 3.8) is 0 Å². The van der Waals surface area contributed by atoms with Gasteiger partial charge in [0.1, 0.15) is 0 Å². The van der Waals surface area contributed by atoms with E-state index in [4.69, 9.17) is 4.98 Å². The van der Waals surface area contributed by atoms with Crippen LogP contribution in [0.3, 0.4) is 0 Å². The van der Waals surface area contributed by atoms with Crippen LogP contribution in [0.5, 0.6) is 0 Å². The van der Waals surface area contributed by atoms with Crippen LogP contribution in [0.1, 0.15) is 74.9 Å². The van der Waals surface area contributed by atoms with Crippen LogP contribution < -0.4 is 0 Å². The highest BCUT2D eigenvalue weighted by Gasteiger charge is 2.42. The Morgan fingerprint density at radius 3 is 1.96 bits per heavy atom. The lowest BCUT2D eigenvalue weighted by Gasteiger charge is -2.44. The third-order valence-corrected chi connectivity index (χ3v) is 6.76. The molecule has 144 valence electrons. The molecule has 28 heavy (non-hydrogen) atoms. The molecule has 1 aliphatic carbocycles. The number of rotatable bonds is 3. The van der Waals surface area contributed by atoms with Gasteiger partial charge in [-0.25, -0.2) is 0 Å². The third kappa shape index (κ3) is 2.64. The lowest BCUT2D eigenvalue weighted by molar-refractivity contribution is 0.522. The summed E-state index contributed by atoms with van der Waals surface area (Å²) in [5, 5.41) is 0. The van der Waals surface area contributed by atoms with Gasteiger partial charge in [-0.3, -0.25) is 4.98 Å². The summed E-state index contributed by atoms with van der Waals surface area (Å²) in [6, 6.07) is 18.1. The summed E-state index contributed by atoms with van der Waals surface area (Å²) >= 11 is 0. The van der Waals surface area contributed by atoms with Gasteiger partial charge < -0.3 is 0 Å². The Kier molecular flexibility index (Phi) is 4.45. The van der Waals surface area contributed by atoms with E-state index in [1.807, 2.05) is 0 Å². The van der Waals surface area contributed by atoms with E-state index >= 15 is 0 Å². The number of benzene rings is 2. The Morgan fingerprint density at radius 2 is 1.32 bits per heavy atom. The van der Waals surface area contributed by atoms with E-state index in [-0.39, 0.29) is 10.8 Å². The van der Waals surface area contributed by atoms with Gasteiger partial charge in [-0.1, -0.05) is 84.0 Å². The first-order valence-electron chi connectivity index (χ1n) is 10.5. The smallest absolute Gasteiger partial charge is 0.0708 e. The lowest BCUT2D eigenvalue weighted by atomic mass is 9.59. The molecule has 0 radical (unpaired) electrons. The molecule has 0 unspecified atom stereocenters. The fraction of sp³-hybridized carbons (Fsp3) is 0.370. The second kappa shape index (κ2) is 6.58. The summed E-state index contributed by atoms with van der Waals surface area (Å²) in [7, 11) is 0. The molecule has 0 atom stereocenters. The highest BCUT2D eigenvalue weighted by Crippen LogP contribution is 2.52. The van der Waals surface area contributed by atoms with Crippen molar-refractivity contribution in [3.8, 4) is 11.3 Å². The van der Waals surface area contributed by atoms with Gasteiger partial charge in [0.25, 0.3) is 0 Å². The Labute approximate surface area is 169 Å². The standard InChI is InChI=1S/C27H31N/c1-7-18-16-24(28-17-19(18)8-2)20-12-11-15-23-25(20)27(5,6)22-14-10-9-13-21(22)26(23,3)4/h9-17H,7-8H2,1-6H3. The van der Waals surface area contributed by atoms with Gasteiger partial charge in [0.2, 0.25) is 0 Å². The summed E-state index contributed by atoms with van der Waals surface area (Å²) in [4.78, 5) is 4.91. The minimum absolute atomic E-state index is 0.0194. The van der Waals surface area contributed by atoms with Gasteiger partial charge in [0.05, 0.1) is 5.69 Å². The van der Waals surface area contributed by atoms with Crippen LogP contribution in [-0.4, -0.2) is 4.98 Å². The van der Waals surface area contributed by atoms with Crippen LogP contribution in [0.25, 0.3) is 11.3 Å². The summed E-state index contributed by atoms with van der Waals surface area (Å²) in [5.74, 6) is 0. The molecule has 1 aromatic heterocycles. The largest absolute Gasteiger partial charge is 0.256 e. The normalized spacial score (nSPS) is 16.4. The molecule has 0 saturated carbocycles. The fourth-order valence-corrected chi connectivity index (χ4v) is 5.13. The minimum Gasteiger partial charge on any atom is -0.256 e. The maximum Gasteiger partial charge on any atom is 0.0708 e. The van der Waals surface area contributed by atoms with Crippen LogP contribution in [0.4, 0.5) is 0 Å². The first kappa shape index (κ1) is 18.9. The number of hydrogen-bond acceptors (Lipinski definition) is 1. The Hall–Kier alpha value is -2.41. The van der Waals surface area contributed by atoms with Crippen LogP contribution >= 0.6 is 0 Å². The minimum atomic E-state index is -0.0600. The van der Waals surface area contributed by atoms with Crippen molar-refractivity contribution in [2.24, 2.45) is 0 Å². The molecule has 0 bridgehead atoms. The molecule has 2 aromatic carbocycles. The number of nitrogens with zero attached hydrogens (tertiary/aromatic N) is 1. The Morgan fingerprint density at radius 1 is 0.714 bits per heavy atom. The second-order valence-corrected chi connectivity index (χ2v) is 9.07. The van der Waals surface area contributed by atoms with Gasteiger partial charge in [-0.15, -0.1) is 0 Å².